The zero-order valence-electron chi connectivity index (χ0n) is 14.4. The van der Waals surface area contributed by atoms with Gasteiger partial charge in [-0.25, -0.2) is 0 Å². The van der Waals surface area contributed by atoms with Crippen LogP contribution in [0.25, 0.3) is 30.3 Å². The van der Waals surface area contributed by atoms with Gasteiger partial charge in [0.2, 0.25) is 0 Å². The predicted octanol–water partition coefficient (Wildman–Crippen LogP) is 5.54. The summed E-state index contributed by atoms with van der Waals surface area (Å²) in [6.45, 7) is -0.143. The highest BCUT2D eigenvalue weighted by atomic mass is 32.1. The van der Waals surface area contributed by atoms with Gasteiger partial charge >= 0.3 is 0 Å². The molecule has 3 unspecified atom stereocenters. The van der Waals surface area contributed by atoms with Crippen LogP contribution in [0.3, 0.4) is 0 Å². The number of aliphatic hydroxyl groups excluding tert-OH is 2. The predicted molar refractivity (Wildman–Crippen MR) is 114 cm³/mol. The molecule has 1 fully saturated rings. The molecule has 1 aliphatic rings. The van der Waals surface area contributed by atoms with E-state index in [1.165, 1.54) is 30.3 Å². The van der Waals surface area contributed by atoms with Crippen molar-refractivity contribution >= 4 is 44.8 Å². The Morgan fingerprint density at radius 1 is 0.926 bits per heavy atom. The molecular weight excluding hydrogens is 396 g/mol. The second-order valence-corrected chi connectivity index (χ2v) is 9.72. The summed E-state index contributed by atoms with van der Waals surface area (Å²) in [6.07, 6.45) is -0.678. The maximum absolute atomic E-state index is 10.0. The summed E-state index contributed by atoms with van der Waals surface area (Å²) in [5, 5.41) is 24.0. The van der Waals surface area contributed by atoms with Crippen LogP contribution in [0.5, 0.6) is 0 Å². The minimum atomic E-state index is -0.599. The van der Waals surface area contributed by atoms with Crippen LogP contribution in [0.2, 0.25) is 0 Å². The first-order valence-electron chi connectivity index (χ1n) is 8.84. The Bertz CT molecular complexity index is 1060. The van der Waals surface area contributed by atoms with Gasteiger partial charge in [-0.1, -0.05) is 30.3 Å². The average molecular weight is 415 g/mol. The molecule has 3 aromatic heterocycles. The highest BCUT2D eigenvalue weighted by molar-refractivity contribution is 7.27. The third-order valence-corrected chi connectivity index (χ3v) is 8.57. The molecule has 1 aliphatic heterocycles. The Morgan fingerprint density at radius 3 is 2.37 bits per heavy atom. The van der Waals surface area contributed by atoms with Gasteiger partial charge < -0.3 is 14.9 Å². The highest BCUT2D eigenvalue weighted by Crippen LogP contribution is 2.48. The van der Waals surface area contributed by atoms with Crippen LogP contribution in [0.4, 0.5) is 0 Å². The van der Waals surface area contributed by atoms with Crippen molar-refractivity contribution in [1.82, 2.24) is 0 Å². The summed E-state index contributed by atoms with van der Waals surface area (Å²) in [5.41, 5.74) is 0. The zero-order valence-corrected chi connectivity index (χ0v) is 16.8. The van der Waals surface area contributed by atoms with Gasteiger partial charge in [0.05, 0.1) is 28.6 Å². The molecule has 27 heavy (non-hydrogen) atoms. The number of hydrogen-bond acceptors (Lipinski definition) is 6. The van der Waals surface area contributed by atoms with Gasteiger partial charge in [-0.05, 0) is 23.6 Å². The Balaban J connectivity index is 1.55. The van der Waals surface area contributed by atoms with E-state index < -0.39 is 12.2 Å². The lowest BCUT2D eigenvalue weighted by molar-refractivity contribution is -0.0216. The van der Waals surface area contributed by atoms with Gasteiger partial charge in [0.1, 0.15) is 6.10 Å². The van der Waals surface area contributed by atoms with Crippen LogP contribution in [0.15, 0.2) is 53.9 Å². The highest BCUT2D eigenvalue weighted by Gasteiger charge is 2.35. The van der Waals surface area contributed by atoms with E-state index in [0.717, 1.165) is 4.88 Å². The van der Waals surface area contributed by atoms with E-state index in [0.29, 0.717) is 6.42 Å². The maximum atomic E-state index is 10.0. The van der Waals surface area contributed by atoms with Crippen molar-refractivity contribution in [3.05, 3.63) is 58.8 Å². The summed E-state index contributed by atoms with van der Waals surface area (Å²) in [5.74, 6) is 0. The van der Waals surface area contributed by atoms with Gasteiger partial charge in [-0.15, -0.1) is 34.0 Å². The quantitative estimate of drug-likeness (QED) is 0.461. The summed E-state index contributed by atoms with van der Waals surface area (Å²) >= 11 is 5.33. The molecule has 2 N–H and O–H groups in total. The first kappa shape index (κ1) is 17.6. The molecule has 4 aromatic rings. The minimum Gasteiger partial charge on any atom is -0.394 e. The number of ether oxygens (including phenoxy) is 1. The van der Waals surface area contributed by atoms with Gasteiger partial charge in [0.15, 0.2) is 0 Å². The van der Waals surface area contributed by atoms with Crippen LogP contribution < -0.4 is 0 Å². The number of fused-ring (bicyclic) bond motifs is 1. The van der Waals surface area contributed by atoms with E-state index in [2.05, 4.69) is 53.9 Å². The van der Waals surface area contributed by atoms with Crippen molar-refractivity contribution < 1.29 is 14.9 Å². The standard InChI is InChI=1S/C21H18O3S3/c22-11-16-14(23)10-15(24-16)17-7-8-19(26-17)21-13-5-2-1-4-12(13)20(27-21)18-6-3-9-25-18/h1-9,14-16,22-23H,10-11H2. The molecule has 6 heteroatoms. The molecule has 3 atom stereocenters. The van der Waals surface area contributed by atoms with Crippen molar-refractivity contribution in [2.24, 2.45) is 0 Å². The molecule has 5 rings (SSSR count). The Hall–Kier alpha value is -1.54. The van der Waals surface area contributed by atoms with Gasteiger partial charge in [-0.2, -0.15) is 0 Å². The third kappa shape index (κ3) is 3.06. The van der Waals surface area contributed by atoms with E-state index in [9.17, 15) is 10.2 Å². The normalized spacial score (nSPS) is 22.7. The van der Waals surface area contributed by atoms with Gasteiger partial charge in [0, 0.05) is 31.8 Å². The third-order valence-electron chi connectivity index (χ3n) is 4.94. The Morgan fingerprint density at radius 2 is 1.70 bits per heavy atom. The fraction of sp³-hybridized carbons (Fsp3) is 0.238. The van der Waals surface area contributed by atoms with Crippen LogP contribution in [0, 0.1) is 0 Å². The maximum Gasteiger partial charge on any atom is 0.107 e. The lowest BCUT2D eigenvalue weighted by atomic mass is 10.1. The fourth-order valence-corrected chi connectivity index (χ4v) is 6.92. The average Bonchev–Trinajstić information content (AvgIpc) is 3.46. The topological polar surface area (TPSA) is 49.7 Å². The first-order chi connectivity index (χ1) is 13.2. The molecule has 1 aromatic carbocycles. The number of aliphatic hydroxyl groups is 2. The molecule has 0 radical (unpaired) electrons. The summed E-state index contributed by atoms with van der Waals surface area (Å²) in [4.78, 5) is 6.22. The first-order valence-corrected chi connectivity index (χ1v) is 11.4. The van der Waals surface area contributed by atoms with E-state index in [-0.39, 0.29) is 12.7 Å². The Kier molecular flexibility index (Phi) is 4.63. The minimum absolute atomic E-state index is 0.140. The lowest BCUT2D eigenvalue weighted by Gasteiger charge is -2.10. The van der Waals surface area contributed by atoms with Gasteiger partial charge in [0.25, 0.3) is 0 Å². The van der Waals surface area contributed by atoms with Crippen molar-refractivity contribution in [3.63, 3.8) is 0 Å². The van der Waals surface area contributed by atoms with Crippen LogP contribution in [0.1, 0.15) is 17.4 Å². The van der Waals surface area contributed by atoms with E-state index in [1.807, 2.05) is 11.3 Å². The van der Waals surface area contributed by atoms with Crippen molar-refractivity contribution in [2.45, 2.75) is 24.7 Å². The molecular formula is C21H18O3S3. The van der Waals surface area contributed by atoms with Crippen molar-refractivity contribution in [2.75, 3.05) is 6.61 Å². The largest absolute Gasteiger partial charge is 0.394 e. The number of rotatable bonds is 4. The zero-order chi connectivity index (χ0) is 18.4. The molecule has 0 aliphatic carbocycles. The number of hydrogen-bond donors (Lipinski definition) is 2. The molecule has 4 heterocycles. The molecule has 138 valence electrons. The SMILES string of the molecule is OCC1OC(c2ccc(-c3sc(-c4cccs4)c4ccccc34)s2)CC1O. The molecule has 0 amide bonds. The van der Waals surface area contributed by atoms with Gasteiger partial charge in [-0.3, -0.25) is 0 Å². The second-order valence-electron chi connectivity index (χ2n) is 6.63. The fourth-order valence-electron chi connectivity index (χ4n) is 3.59. The van der Waals surface area contributed by atoms with E-state index in [4.69, 9.17) is 4.74 Å². The summed E-state index contributed by atoms with van der Waals surface area (Å²) in [7, 11) is 0. The lowest BCUT2D eigenvalue weighted by Crippen LogP contribution is -2.24. The summed E-state index contributed by atoms with van der Waals surface area (Å²) in [6, 6.07) is 17.1. The van der Waals surface area contributed by atoms with E-state index >= 15 is 0 Å². The molecule has 0 spiro atoms. The van der Waals surface area contributed by atoms with Crippen molar-refractivity contribution in [3.8, 4) is 19.5 Å². The number of benzene rings is 1. The molecule has 3 nitrogen and oxygen atoms in total. The van der Waals surface area contributed by atoms with Crippen LogP contribution in [-0.4, -0.2) is 29.0 Å². The second kappa shape index (κ2) is 7.13. The van der Waals surface area contributed by atoms with Crippen molar-refractivity contribution in [1.29, 1.82) is 0 Å². The molecule has 0 saturated carbocycles. The Labute approximate surface area is 169 Å². The smallest absolute Gasteiger partial charge is 0.107 e. The molecule has 0 bridgehead atoms. The summed E-state index contributed by atoms with van der Waals surface area (Å²) < 4.78 is 5.83. The monoisotopic (exact) mass is 414 g/mol. The molecule has 1 saturated heterocycles. The van der Waals surface area contributed by atoms with Crippen LogP contribution >= 0.6 is 34.0 Å². The van der Waals surface area contributed by atoms with E-state index in [1.54, 1.807) is 22.7 Å². The van der Waals surface area contributed by atoms with Crippen LogP contribution in [-0.2, 0) is 4.74 Å². The number of thiophene rings is 3.